The standard InChI is InChI=1S/C16H16O4/c1-9-7-11(17)15(12(18)8-9)16(19)14-10(2)5-4-6-13(14)20-3/h4-8,17-18H,1-3H3. The maximum absolute atomic E-state index is 12.6. The monoisotopic (exact) mass is 272 g/mol. The number of rotatable bonds is 3. The number of carbonyl (C=O) groups excluding carboxylic acids is 1. The van der Waals surface area contributed by atoms with Crippen LogP contribution in [-0.2, 0) is 0 Å². The second kappa shape index (κ2) is 5.25. The molecule has 0 unspecified atom stereocenters. The van der Waals surface area contributed by atoms with Gasteiger partial charge in [0.1, 0.15) is 22.8 Å². The fraction of sp³-hybridized carbons (Fsp3) is 0.188. The molecule has 2 aromatic carbocycles. The van der Waals surface area contributed by atoms with Crippen molar-refractivity contribution < 1.29 is 19.7 Å². The molecule has 2 aromatic rings. The average molecular weight is 272 g/mol. The smallest absolute Gasteiger partial charge is 0.204 e. The number of methoxy groups -OCH3 is 1. The summed E-state index contributed by atoms with van der Waals surface area (Å²) < 4.78 is 5.19. The van der Waals surface area contributed by atoms with E-state index in [1.807, 2.05) is 0 Å². The zero-order valence-corrected chi connectivity index (χ0v) is 11.6. The van der Waals surface area contributed by atoms with Crippen molar-refractivity contribution in [3.63, 3.8) is 0 Å². The molecule has 0 aromatic heterocycles. The molecule has 0 bridgehead atoms. The molecule has 0 radical (unpaired) electrons. The molecule has 0 aliphatic heterocycles. The van der Waals surface area contributed by atoms with Crippen molar-refractivity contribution in [1.82, 2.24) is 0 Å². The minimum atomic E-state index is -0.463. The van der Waals surface area contributed by atoms with Crippen LogP contribution in [0.5, 0.6) is 17.2 Å². The molecule has 2 rings (SSSR count). The number of benzene rings is 2. The molecule has 0 atom stereocenters. The summed E-state index contributed by atoms with van der Waals surface area (Å²) in [4.78, 5) is 12.6. The Morgan fingerprint density at radius 2 is 1.65 bits per heavy atom. The zero-order chi connectivity index (χ0) is 14.9. The molecule has 2 N–H and O–H groups in total. The van der Waals surface area contributed by atoms with Gasteiger partial charge < -0.3 is 14.9 Å². The topological polar surface area (TPSA) is 66.8 Å². The Morgan fingerprint density at radius 1 is 1.05 bits per heavy atom. The summed E-state index contributed by atoms with van der Waals surface area (Å²) >= 11 is 0. The van der Waals surface area contributed by atoms with Gasteiger partial charge in [-0.2, -0.15) is 0 Å². The number of ketones is 1. The van der Waals surface area contributed by atoms with Gasteiger partial charge in [0, 0.05) is 0 Å². The van der Waals surface area contributed by atoms with Crippen LogP contribution in [-0.4, -0.2) is 23.1 Å². The van der Waals surface area contributed by atoms with E-state index in [9.17, 15) is 15.0 Å². The summed E-state index contributed by atoms with van der Waals surface area (Å²) in [6.45, 7) is 3.50. The lowest BCUT2D eigenvalue weighted by atomic mass is 9.96. The Balaban J connectivity index is 2.64. The van der Waals surface area contributed by atoms with Crippen molar-refractivity contribution in [3.05, 3.63) is 52.6 Å². The van der Waals surface area contributed by atoms with E-state index >= 15 is 0 Å². The molecule has 0 fully saturated rings. The number of phenols is 2. The van der Waals surface area contributed by atoms with Gasteiger partial charge in [0.25, 0.3) is 0 Å². The lowest BCUT2D eigenvalue weighted by Crippen LogP contribution is -2.07. The van der Waals surface area contributed by atoms with Crippen LogP contribution in [0.15, 0.2) is 30.3 Å². The second-order valence-corrected chi connectivity index (χ2v) is 4.66. The van der Waals surface area contributed by atoms with E-state index in [0.717, 1.165) is 0 Å². The third kappa shape index (κ3) is 2.32. The first-order chi connectivity index (χ1) is 9.45. The van der Waals surface area contributed by atoms with Gasteiger partial charge in [0.05, 0.1) is 12.7 Å². The maximum atomic E-state index is 12.6. The molecule has 0 aliphatic rings. The molecule has 0 saturated heterocycles. The van der Waals surface area contributed by atoms with Crippen LogP contribution in [0.1, 0.15) is 27.0 Å². The Hall–Kier alpha value is -2.49. The van der Waals surface area contributed by atoms with Crippen LogP contribution in [0.2, 0.25) is 0 Å². The Bertz CT molecular complexity index is 651. The zero-order valence-electron chi connectivity index (χ0n) is 11.6. The van der Waals surface area contributed by atoms with E-state index in [1.54, 1.807) is 32.0 Å². The highest BCUT2D eigenvalue weighted by Crippen LogP contribution is 2.34. The van der Waals surface area contributed by atoms with Crippen LogP contribution in [0, 0.1) is 13.8 Å². The summed E-state index contributed by atoms with van der Waals surface area (Å²) in [6, 6.07) is 8.11. The fourth-order valence-electron chi connectivity index (χ4n) is 2.21. The molecular weight excluding hydrogens is 256 g/mol. The van der Waals surface area contributed by atoms with E-state index in [0.29, 0.717) is 22.4 Å². The number of hydrogen-bond acceptors (Lipinski definition) is 4. The van der Waals surface area contributed by atoms with Crippen molar-refractivity contribution in [2.75, 3.05) is 7.11 Å². The minimum absolute atomic E-state index is 0.108. The summed E-state index contributed by atoms with van der Waals surface area (Å²) in [7, 11) is 1.47. The largest absolute Gasteiger partial charge is 0.507 e. The first-order valence-corrected chi connectivity index (χ1v) is 6.16. The summed E-state index contributed by atoms with van der Waals surface area (Å²) in [6.07, 6.45) is 0. The van der Waals surface area contributed by atoms with Gasteiger partial charge in [-0.15, -0.1) is 0 Å². The van der Waals surface area contributed by atoms with Crippen molar-refractivity contribution in [1.29, 1.82) is 0 Å². The Labute approximate surface area is 117 Å². The van der Waals surface area contributed by atoms with E-state index in [-0.39, 0.29) is 17.1 Å². The van der Waals surface area contributed by atoms with Crippen molar-refractivity contribution >= 4 is 5.78 Å². The van der Waals surface area contributed by atoms with Crippen molar-refractivity contribution in [2.24, 2.45) is 0 Å². The van der Waals surface area contributed by atoms with Gasteiger partial charge in [0.2, 0.25) is 5.78 Å². The van der Waals surface area contributed by atoms with Gasteiger partial charge in [-0.3, -0.25) is 4.79 Å². The van der Waals surface area contributed by atoms with Gasteiger partial charge in [0.15, 0.2) is 0 Å². The molecule has 0 saturated carbocycles. The van der Waals surface area contributed by atoms with Crippen LogP contribution >= 0.6 is 0 Å². The molecule has 4 heteroatoms. The molecule has 4 nitrogen and oxygen atoms in total. The van der Waals surface area contributed by atoms with Crippen LogP contribution in [0.25, 0.3) is 0 Å². The minimum Gasteiger partial charge on any atom is -0.507 e. The number of hydrogen-bond donors (Lipinski definition) is 2. The highest BCUT2D eigenvalue weighted by atomic mass is 16.5. The molecule has 0 heterocycles. The number of aromatic hydroxyl groups is 2. The van der Waals surface area contributed by atoms with Crippen molar-refractivity contribution in [2.45, 2.75) is 13.8 Å². The fourth-order valence-corrected chi connectivity index (χ4v) is 2.21. The van der Waals surface area contributed by atoms with Gasteiger partial charge in [-0.05, 0) is 43.2 Å². The van der Waals surface area contributed by atoms with E-state index < -0.39 is 5.78 Å². The quantitative estimate of drug-likeness (QED) is 0.843. The number of aryl methyl sites for hydroxylation is 2. The summed E-state index contributed by atoms with van der Waals surface area (Å²) in [5.41, 5.74) is 1.62. The Kier molecular flexibility index (Phi) is 3.66. The van der Waals surface area contributed by atoms with Gasteiger partial charge in [-0.1, -0.05) is 12.1 Å². The summed E-state index contributed by atoms with van der Waals surface area (Å²) in [5.74, 6) is -0.528. The van der Waals surface area contributed by atoms with Gasteiger partial charge >= 0.3 is 0 Å². The van der Waals surface area contributed by atoms with E-state index in [2.05, 4.69) is 0 Å². The maximum Gasteiger partial charge on any atom is 0.204 e. The highest BCUT2D eigenvalue weighted by molar-refractivity contribution is 6.14. The predicted octanol–water partition coefficient (Wildman–Crippen LogP) is 2.95. The number of phenolic OH excluding ortho intramolecular Hbond substituents is 2. The van der Waals surface area contributed by atoms with Crippen LogP contribution in [0.3, 0.4) is 0 Å². The SMILES string of the molecule is COc1cccc(C)c1C(=O)c1c(O)cc(C)cc1O. The molecular formula is C16H16O4. The average Bonchev–Trinajstić information content (AvgIpc) is 2.36. The third-order valence-electron chi connectivity index (χ3n) is 3.15. The van der Waals surface area contributed by atoms with Crippen molar-refractivity contribution in [3.8, 4) is 17.2 Å². The van der Waals surface area contributed by atoms with Crippen LogP contribution < -0.4 is 4.74 Å². The molecule has 104 valence electrons. The molecule has 20 heavy (non-hydrogen) atoms. The van der Waals surface area contributed by atoms with E-state index in [4.69, 9.17) is 4.74 Å². The molecule has 0 amide bonds. The molecule has 0 spiro atoms. The molecule has 0 aliphatic carbocycles. The Morgan fingerprint density at radius 3 is 2.20 bits per heavy atom. The predicted molar refractivity (Wildman–Crippen MR) is 75.7 cm³/mol. The number of ether oxygens (including phenoxy) is 1. The second-order valence-electron chi connectivity index (χ2n) is 4.66. The summed E-state index contributed by atoms with van der Waals surface area (Å²) in [5, 5.41) is 19.9. The lowest BCUT2D eigenvalue weighted by molar-refractivity contribution is 0.103. The first kappa shape index (κ1) is 13.9. The number of carbonyl (C=O) groups is 1. The van der Waals surface area contributed by atoms with Crippen LogP contribution in [0.4, 0.5) is 0 Å². The third-order valence-corrected chi connectivity index (χ3v) is 3.15. The van der Waals surface area contributed by atoms with E-state index in [1.165, 1.54) is 19.2 Å². The highest BCUT2D eigenvalue weighted by Gasteiger charge is 2.23. The van der Waals surface area contributed by atoms with Gasteiger partial charge in [-0.25, -0.2) is 0 Å². The normalized spacial score (nSPS) is 10.3. The lowest BCUT2D eigenvalue weighted by Gasteiger charge is -2.13. The first-order valence-electron chi connectivity index (χ1n) is 6.16.